The summed E-state index contributed by atoms with van der Waals surface area (Å²) in [6.07, 6.45) is 1.11. The standard InChI is InChI=1S/C9H14BrNS2/c1-7(2-3-11)12-6-9-4-8(10)5-13-9/h4-5,7H,2-3,6,11H2,1H3. The number of hydrogen-bond acceptors (Lipinski definition) is 3. The molecule has 0 fully saturated rings. The second kappa shape index (κ2) is 6.06. The Kier molecular flexibility index (Phi) is 5.39. The lowest BCUT2D eigenvalue weighted by atomic mass is 10.3. The van der Waals surface area contributed by atoms with Gasteiger partial charge in [0.1, 0.15) is 0 Å². The quantitative estimate of drug-likeness (QED) is 0.893. The third-order valence-electron chi connectivity index (χ3n) is 1.71. The molecule has 1 rings (SSSR count). The molecule has 0 aliphatic rings. The summed E-state index contributed by atoms with van der Waals surface area (Å²) in [6.45, 7) is 3.03. The fourth-order valence-corrected chi connectivity index (χ4v) is 3.52. The van der Waals surface area contributed by atoms with Crippen LogP contribution in [0, 0.1) is 0 Å². The Morgan fingerprint density at radius 2 is 2.46 bits per heavy atom. The lowest BCUT2D eigenvalue weighted by molar-refractivity contribution is 0.823. The first-order valence-electron chi connectivity index (χ1n) is 4.27. The van der Waals surface area contributed by atoms with Gasteiger partial charge in [-0.05, 0) is 35.0 Å². The summed E-state index contributed by atoms with van der Waals surface area (Å²) in [5.74, 6) is 1.11. The van der Waals surface area contributed by atoms with Gasteiger partial charge < -0.3 is 5.73 Å². The lowest BCUT2D eigenvalue weighted by Crippen LogP contribution is -2.06. The third-order valence-corrected chi connectivity index (χ3v) is 4.87. The normalized spacial score (nSPS) is 13.2. The van der Waals surface area contributed by atoms with Gasteiger partial charge in [0.15, 0.2) is 0 Å². The second-order valence-corrected chi connectivity index (χ2v) is 6.27. The molecule has 0 radical (unpaired) electrons. The number of hydrogen-bond donors (Lipinski definition) is 1. The predicted octanol–water partition coefficient (Wildman–Crippen LogP) is 3.48. The Hall–Kier alpha value is 0.490. The average Bonchev–Trinajstić information content (AvgIpc) is 2.49. The van der Waals surface area contributed by atoms with Crippen molar-refractivity contribution in [1.29, 1.82) is 0 Å². The highest BCUT2D eigenvalue weighted by atomic mass is 79.9. The highest BCUT2D eigenvalue weighted by molar-refractivity contribution is 9.10. The molecule has 0 aliphatic carbocycles. The van der Waals surface area contributed by atoms with Gasteiger partial charge in [0.2, 0.25) is 0 Å². The molecule has 0 saturated carbocycles. The molecule has 1 heterocycles. The van der Waals surface area contributed by atoms with Crippen LogP contribution in [0.4, 0.5) is 0 Å². The summed E-state index contributed by atoms with van der Waals surface area (Å²) in [7, 11) is 0. The molecule has 0 aromatic carbocycles. The van der Waals surface area contributed by atoms with Gasteiger partial charge in [0, 0.05) is 25.7 Å². The summed E-state index contributed by atoms with van der Waals surface area (Å²) in [4.78, 5) is 1.43. The molecule has 2 N–H and O–H groups in total. The zero-order valence-corrected chi connectivity index (χ0v) is 10.8. The Balaban J connectivity index is 2.26. The molecular weight excluding hydrogens is 266 g/mol. The van der Waals surface area contributed by atoms with Crippen LogP contribution >= 0.6 is 39.0 Å². The van der Waals surface area contributed by atoms with Crippen molar-refractivity contribution in [2.24, 2.45) is 5.73 Å². The van der Waals surface area contributed by atoms with Crippen LogP contribution in [0.25, 0.3) is 0 Å². The molecule has 4 heteroatoms. The van der Waals surface area contributed by atoms with Crippen LogP contribution < -0.4 is 5.73 Å². The first-order chi connectivity index (χ1) is 6.22. The van der Waals surface area contributed by atoms with Gasteiger partial charge in [0.05, 0.1) is 0 Å². The van der Waals surface area contributed by atoms with E-state index in [0.29, 0.717) is 5.25 Å². The maximum Gasteiger partial charge on any atom is 0.0285 e. The van der Waals surface area contributed by atoms with E-state index in [1.165, 1.54) is 9.35 Å². The van der Waals surface area contributed by atoms with Gasteiger partial charge in [0.25, 0.3) is 0 Å². The SMILES string of the molecule is CC(CCN)SCc1cc(Br)cs1. The fraction of sp³-hybridized carbons (Fsp3) is 0.556. The number of nitrogens with two attached hydrogens (primary N) is 1. The Morgan fingerprint density at radius 1 is 1.69 bits per heavy atom. The minimum atomic E-state index is 0.672. The molecule has 1 unspecified atom stereocenters. The molecule has 0 amide bonds. The maximum absolute atomic E-state index is 5.48. The van der Waals surface area contributed by atoms with Crippen LogP contribution in [0.5, 0.6) is 0 Å². The zero-order valence-electron chi connectivity index (χ0n) is 7.63. The van der Waals surface area contributed by atoms with Crippen molar-refractivity contribution in [2.75, 3.05) is 6.54 Å². The van der Waals surface area contributed by atoms with E-state index in [1.807, 2.05) is 23.1 Å². The van der Waals surface area contributed by atoms with Crippen molar-refractivity contribution in [3.63, 3.8) is 0 Å². The molecule has 0 bridgehead atoms. The van der Waals surface area contributed by atoms with Crippen molar-refractivity contribution in [3.05, 3.63) is 20.8 Å². The fourth-order valence-electron chi connectivity index (χ4n) is 0.972. The summed E-state index contributed by atoms with van der Waals surface area (Å²) < 4.78 is 1.19. The molecule has 74 valence electrons. The van der Waals surface area contributed by atoms with E-state index < -0.39 is 0 Å². The van der Waals surface area contributed by atoms with Gasteiger partial charge in [-0.1, -0.05) is 6.92 Å². The van der Waals surface area contributed by atoms with Crippen molar-refractivity contribution in [1.82, 2.24) is 0 Å². The van der Waals surface area contributed by atoms with Gasteiger partial charge in [-0.15, -0.1) is 11.3 Å². The van der Waals surface area contributed by atoms with E-state index in [-0.39, 0.29) is 0 Å². The van der Waals surface area contributed by atoms with E-state index in [4.69, 9.17) is 5.73 Å². The van der Waals surface area contributed by atoms with Crippen LogP contribution in [-0.4, -0.2) is 11.8 Å². The minimum absolute atomic E-state index is 0.672. The van der Waals surface area contributed by atoms with Gasteiger partial charge in [-0.3, -0.25) is 0 Å². The summed E-state index contributed by atoms with van der Waals surface area (Å²) in [5.41, 5.74) is 5.48. The van der Waals surface area contributed by atoms with Crippen molar-refractivity contribution in [2.45, 2.75) is 24.3 Å². The van der Waals surface area contributed by atoms with Gasteiger partial charge in [-0.2, -0.15) is 11.8 Å². The summed E-state index contributed by atoms with van der Waals surface area (Å²) in [5, 5.41) is 2.80. The van der Waals surface area contributed by atoms with Crippen molar-refractivity contribution < 1.29 is 0 Å². The van der Waals surface area contributed by atoms with Crippen LogP contribution in [-0.2, 0) is 5.75 Å². The summed E-state index contributed by atoms with van der Waals surface area (Å²) >= 11 is 7.24. The van der Waals surface area contributed by atoms with E-state index in [1.54, 1.807) is 0 Å². The monoisotopic (exact) mass is 279 g/mol. The molecule has 0 aliphatic heterocycles. The lowest BCUT2D eigenvalue weighted by Gasteiger charge is -2.07. The third kappa shape index (κ3) is 4.49. The largest absolute Gasteiger partial charge is 0.330 e. The molecule has 1 aromatic heterocycles. The Bertz CT molecular complexity index is 250. The molecule has 1 atom stereocenters. The zero-order chi connectivity index (χ0) is 9.68. The van der Waals surface area contributed by atoms with Crippen LogP contribution in [0.2, 0.25) is 0 Å². The topological polar surface area (TPSA) is 26.0 Å². The molecular formula is C9H14BrNS2. The van der Waals surface area contributed by atoms with Crippen LogP contribution in [0.1, 0.15) is 18.2 Å². The van der Waals surface area contributed by atoms with Gasteiger partial charge in [-0.25, -0.2) is 0 Å². The van der Waals surface area contributed by atoms with E-state index in [9.17, 15) is 0 Å². The number of thioether (sulfide) groups is 1. The molecule has 0 spiro atoms. The Morgan fingerprint density at radius 3 is 3.00 bits per heavy atom. The number of rotatable bonds is 5. The molecule has 1 aromatic rings. The highest BCUT2D eigenvalue weighted by Crippen LogP contribution is 2.26. The smallest absolute Gasteiger partial charge is 0.0285 e. The second-order valence-electron chi connectivity index (χ2n) is 2.93. The van der Waals surface area contributed by atoms with Crippen molar-refractivity contribution >= 4 is 39.0 Å². The van der Waals surface area contributed by atoms with E-state index in [0.717, 1.165) is 18.7 Å². The van der Waals surface area contributed by atoms with Crippen molar-refractivity contribution in [3.8, 4) is 0 Å². The predicted molar refractivity (Wildman–Crippen MR) is 66.4 cm³/mol. The summed E-state index contributed by atoms with van der Waals surface area (Å²) in [6, 6.07) is 2.19. The maximum atomic E-state index is 5.48. The average molecular weight is 280 g/mol. The number of halogens is 1. The highest BCUT2D eigenvalue weighted by Gasteiger charge is 2.03. The molecule has 1 nitrogen and oxygen atoms in total. The number of thiophene rings is 1. The van der Waals surface area contributed by atoms with Crippen LogP contribution in [0.15, 0.2) is 15.9 Å². The minimum Gasteiger partial charge on any atom is -0.330 e. The molecule has 13 heavy (non-hydrogen) atoms. The first-order valence-corrected chi connectivity index (χ1v) is 6.99. The van der Waals surface area contributed by atoms with Crippen LogP contribution in [0.3, 0.4) is 0 Å². The van der Waals surface area contributed by atoms with Gasteiger partial charge >= 0.3 is 0 Å². The van der Waals surface area contributed by atoms with E-state index >= 15 is 0 Å². The molecule has 0 saturated heterocycles. The first kappa shape index (κ1) is 11.6. The Labute approximate surface area is 96.2 Å². The van der Waals surface area contributed by atoms with E-state index in [2.05, 4.69) is 34.3 Å².